The van der Waals surface area contributed by atoms with Crippen molar-refractivity contribution in [3.8, 4) is 0 Å². The van der Waals surface area contributed by atoms with Crippen molar-refractivity contribution in [3.05, 3.63) is 42.1 Å². The lowest BCUT2D eigenvalue weighted by Crippen LogP contribution is -2.26. The molecular formula is C16H25NO3Si. The van der Waals surface area contributed by atoms with Gasteiger partial charge in [-0.1, -0.05) is 50.0 Å². The van der Waals surface area contributed by atoms with E-state index in [1.807, 2.05) is 36.4 Å². The first kappa shape index (κ1) is 17.6. The van der Waals surface area contributed by atoms with E-state index in [9.17, 15) is 4.79 Å². The fourth-order valence-corrected chi connectivity index (χ4v) is 2.24. The van der Waals surface area contributed by atoms with Crippen LogP contribution in [0.25, 0.3) is 6.08 Å². The van der Waals surface area contributed by atoms with Gasteiger partial charge >= 0.3 is 0 Å². The van der Waals surface area contributed by atoms with Crippen LogP contribution in [0, 0.1) is 0 Å². The number of rotatable bonds is 8. The number of hydroxylamine groups is 2. The molecule has 0 aromatic heterocycles. The number of benzene rings is 1. The molecule has 0 spiro atoms. The van der Waals surface area contributed by atoms with E-state index >= 15 is 0 Å². The highest BCUT2D eigenvalue weighted by atomic mass is 28.3. The number of hydrogen-bond acceptors (Lipinski definition) is 3. The van der Waals surface area contributed by atoms with E-state index in [1.54, 1.807) is 6.20 Å². The Morgan fingerprint density at radius 3 is 2.48 bits per heavy atom. The molecule has 0 aliphatic heterocycles. The van der Waals surface area contributed by atoms with Crippen LogP contribution in [0.2, 0.25) is 25.7 Å². The molecule has 0 bridgehead atoms. The maximum absolute atomic E-state index is 11.5. The van der Waals surface area contributed by atoms with E-state index in [0.29, 0.717) is 6.61 Å². The summed E-state index contributed by atoms with van der Waals surface area (Å²) in [7, 11) is -1.09. The highest BCUT2D eigenvalue weighted by molar-refractivity contribution is 6.76. The number of hydrogen-bond donors (Lipinski definition) is 0. The van der Waals surface area contributed by atoms with Gasteiger partial charge in [-0.15, -0.1) is 0 Å². The van der Waals surface area contributed by atoms with Gasteiger partial charge in [0.05, 0.1) is 0 Å². The fourth-order valence-electron chi connectivity index (χ4n) is 1.49. The first-order valence-corrected chi connectivity index (χ1v) is 10.8. The average molecular weight is 307 g/mol. The third-order valence-corrected chi connectivity index (χ3v) is 4.49. The van der Waals surface area contributed by atoms with Crippen molar-refractivity contribution < 1.29 is 14.4 Å². The Labute approximate surface area is 128 Å². The second kappa shape index (κ2) is 8.77. The van der Waals surface area contributed by atoms with E-state index in [-0.39, 0.29) is 12.7 Å². The van der Waals surface area contributed by atoms with Gasteiger partial charge in [0.25, 0.3) is 0 Å². The predicted molar refractivity (Wildman–Crippen MR) is 88.1 cm³/mol. The van der Waals surface area contributed by atoms with E-state index < -0.39 is 8.07 Å². The summed E-state index contributed by atoms with van der Waals surface area (Å²) >= 11 is 0. The Morgan fingerprint density at radius 2 is 1.90 bits per heavy atom. The molecule has 0 N–H and O–H groups in total. The first-order chi connectivity index (χ1) is 9.88. The van der Waals surface area contributed by atoms with Crippen LogP contribution in [0.15, 0.2) is 36.5 Å². The van der Waals surface area contributed by atoms with Crippen LogP contribution in [-0.4, -0.2) is 32.4 Å². The lowest BCUT2D eigenvalue weighted by molar-refractivity contribution is -0.202. The van der Waals surface area contributed by atoms with Crippen molar-refractivity contribution in [2.75, 3.05) is 13.4 Å². The van der Waals surface area contributed by atoms with Crippen LogP contribution < -0.4 is 0 Å². The van der Waals surface area contributed by atoms with Gasteiger partial charge in [-0.3, -0.25) is 4.79 Å². The molecule has 0 unspecified atom stereocenters. The standard InChI is InChI=1S/C16H25NO3Si/c1-15(18)17(11-10-16-8-6-5-7-9-16)20-14-19-12-13-21(2,3)4/h5-11H,12-14H2,1-4H3/b11-10+. The number of ether oxygens (including phenoxy) is 1. The van der Waals surface area contributed by atoms with Gasteiger partial charge in [0.2, 0.25) is 5.91 Å². The molecule has 1 amide bonds. The van der Waals surface area contributed by atoms with Crippen molar-refractivity contribution in [1.29, 1.82) is 0 Å². The largest absolute Gasteiger partial charge is 0.353 e. The molecule has 0 atom stereocenters. The zero-order valence-electron chi connectivity index (χ0n) is 13.3. The van der Waals surface area contributed by atoms with E-state index in [4.69, 9.17) is 9.57 Å². The summed E-state index contributed by atoms with van der Waals surface area (Å²) in [6.07, 6.45) is 3.43. The Kier molecular flexibility index (Phi) is 7.35. The summed E-state index contributed by atoms with van der Waals surface area (Å²) in [6, 6.07) is 10.8. The summed E-state index contributed by atoms with van der Waals surface area (Å²) in [5.41, 5.74) is 1.01. The SMILES string of the molecule is CC(=O)N(/C=C/c1ccccc1)OCOCC[Si](C)(C)C. The lowest BCUT2D eigenvalue weighted by atomic mass is 10.2. The van der Waals surface area contributed by atoms with Crippen LogP contribution in [0.1, 0.15) is 12.5 Å². The van der Waals surface area contributed by atoms with Crippen LogP contribution in [0.5, 0.6) is 0 Å². The molecule has 0 aliphatic rings. The highest BCUT2D eigenvalue weighted by Crippen LogP contribution is 2.08. The zero-order chi connectivity index (χ0) is 15.7. The van der Waals surface area contributed by atoms with Crippen LogP contribution in [0.3, 0.4) is 0 Å². The molecule has 0 saturated heterocycles. The highest BCUT2D eigenvalue weighted by Gasteiger charge is 2.12. The van der Waals surface area contributed by atoms with E-state index in [1.165, 1.54) is 12.0 Å². The molecular weight excluding hydrogens is 282 g/mol. The molecule has 116 valence electrons. The predicted octanol–water partition coefficient (Wildman–Crippen LogP) is 3.75. The summed E-state index contributed by atoms with van der Waals surface area (Å²) in [5, 5.41) is 1.20. The Balaban J connectivity index is 2.37. The molecule has 5 heteroatoms. The number of nitrogens with zero attached hydrogens (tertiary/aromatic N) is 1. The Morgan fingerprint density at radius 1 is 1.24 bits per heavy atom. The normalized spacial score (nSPS) is 11.8. The zero-order valence-corrected chi connectivity index (χ0v) is 14.3. The summed E-state index contributed by atoms with van der Waals surface area (Å²) in [6.45, 7) is 9.09. The fraction of sp³-hybridized carbons (Fsp3) is 0.438. The molecule has 0 saturated carbocycles. The molecule has 1 aromatic carbocycles. The molecule has 0 radical (unpaired) electrons. The van der Waals surface area contributed by atoms with Gasteiger partial charge in [-0.2, -0.15) is 5.06 Å². The van der Waals surface area contributed by atoms with Gasteiger partial charge in [-0.05, 0) is 17.7 Å². The average Bonchev–Trinajstić information content (AvgIpc) is 2.41. The van der Waals surface area contributed by atoms with Crippen molar-refractivity contribution in [2.24, 2.45) is 0 Å². The van der Waals surface area contributed by atoms with Gasteiger partial charge in [-0.25, -0.2) is 4.84 Å². The first-order valence-electron chi connectivity index (χ1n) is 7.12. The third-order valence-electron chi connectivity index (χ3n) is 2.78. The van der Waals surface area contributed by atoms with Gasteiger partial charge in [0.1, 0.15) is 0 Å². The summed E-state index contributed by atoms with van der Waals surface area (Å²) in [4.78, 5) is 16.8. The van der Waals surface area contributed by atoms with Crippen LogP contribution in [-0.2, 0) is 14.4 Å². The molecule has 0 heterocycles. The topological polar surface area (TPSA) is 38.8 Å². The van der Waals surface area contributed by atoms with Crippen molar-refractivity contribution >= 4 is 20.1 Å². The van der Waals surface area contributed by atoms with E-state index in [0.717, 1.165) is 11.6 Å². The smallest absolute Gasteiger partial charge is 0.247 e. The monoisotopic (exact) mass is 307 g/mol. The molecule has 0 fully saturated rings. The molecule has 21 heavy (non-hydrogen) atoms. The summed E-state index contributed by atoms with van der Waals surface area (Å²) in [5.74, 6) is -0.184. The number of amides is 1. The molecule has 1 rings (SSSR count). The van der Waals surface area contributed by atoms with Crippen molar-refractivity contribution in [1.82, 2.24) is 5.06 Å². The Hall–Kier alpha value is -1.43. The third kappa shape index (κ3) is 8.44. The van der Waals surface area contributed by atoms with Gasteiger partial charge in [0.15, 0.2) is 6.79 Å². The maximum Gasteiger partial charge on any atom is 0.247 e. The number of carbonyl (C=O) groups is 1. The molecule has 1 aromatic rings. The van der Waals surface area contributed by atoms with Crippen LogP contribution in [0.4, 0.5) is 0 Å². The minimum absolute atomic E-state index is 0.0865. The Bertz CT molecular complexity index is 454. The second-order valence-corrected chi connectivity index (χ2v) is 11.7. The van der Waals surface area contributed by atoms with Crippen molar-refractivity contribution in [2.45, 2.75) is 32.6 Å². The second-order valence-electron chi connectivity index (χ2n) is 6.04. The molecule has 4 nitrogen and oxygen atoms in total. The lowest BCUT2D eigenvalue weighted by Gasteiger charge is -2.18. The summed E-state index contributed by atoms with van der Waals surface area (Å²) < 4.78 is 5.43. The van der Waals surface area contributed by atoms with Gasteiger partial charge in [0, 0.05) is 27.8 Å². The van der Waals surface area contributed by atoms with Crippen molar-refractivity contribution in [3.63, 3.8) is 0 Å². The number of carbonyl (C=O) groups excluding carboxylic acids is 1. The van der Waals surface area contributed by atoms with E-state index in [2.05, 4.69) is 19.6 Å². The maximum atomic E-state index is 11.5. The minimum Gasteiger partial charge on any atom is -0.353 e. The quantitative estimate of drug-likeness (QED) is 0.318. The van der Waals surface area contributed by atoms with Crippen LogP contribution >= 0.6 is 0 Å². The van der Waals surface area contributed by atoms with Gasteiger partial charge < -0.3 is 4.74 Å². The molecule has 0 aliphatic carbocycles. The minimum atomic E-state index is -1.09.